The molecule has 0 aliphatic heterocycles. The van der Waals surface area contributed by atoms with Gasteiger partial charge in [0.25, 0.3) is 5.56 Å². The van der Waals surface area contributed by atoms with E-state index < -0.39 is 0 Å². The van der Waals surface area contributed by atoms with Gasteiger partial charge in [-0.1, -0.05) is 24.3 Å². The molecule has 19 heavy (non-hydrogen) atoms. The third-order valence-corrected chi connectivity index (χ3v) is 3.06. The molecular formula is C15H12N2O2. The van der Waals surface area contributed by atoms with E-state index in [1.807, 2.05) is 42.5 Å². The first-order chi connectivity index (χ1) is 9.29. The average molecular weight is 252 g/mol. The van der Waals surface area contributed by atoms with Crippen LogP contribution in [0.1, 0.15) is 0 Å². The lowest BCUT2D eigenvalue weighted by Crippen LogP contribution is -2.06. The Bertz CT molecular complexity index is 793. The van der Waals surface area contributed by atoms with Gasteiger partial charge in [0.15, 0.2) is 0 Å². The number of nitrogens with one attached hydrogen (secondary N) is 1. The summed E-state index contributed by atoms with van der Waals surface area (Å²) in [6.45, 7) is 0. The first-order valence-corrected chi connectivity index (χ1v) is 5.90. The van der Waals surface area contributed by atoms with E-state index in [4.69, 9.17) is 4.74 Å². The Labute approximate surface area is 109 Å². The summed E-state index contributed by atoms with van der Waals surface area (Å²) in [6.07, 6.45) is 1.41. The molecule has 0 aliphatic carbocycles. The fourth-order valence-corrected chi connectivity index (χ4v) is 2.12. The van der Waals surface area contributed by atoms with E-state index >= 15 is 0 Å². The topological polar surface area (TPSA) is 55.0 Å². The van der Waals surface area contributed by atoms with Gasteiger partial charge < -0.3 is 9.72 Å². The van der Waals surface area contributed by atoms with Gasteiger partial charge in [0.2, 0.25) is 0 Å². The van der Waals surface area contributed by atoms with Crippen molar-refractivity contribution in [1.82, 2.24) is 9.97 Å². The SMILES string of the molecule is COc1ccccc1-c1ccc2nc[nH]c(=O)c2c1. The molecule has 1 heterocycles. The minimum atomic E-state index is -0.137. The molecule has 1 N–H and O–H groups in total. The Morgan fingerprint density at radius 2 is 2.00 bits per heavy atom. The van der Waals surface area contributed by atoms with E-state index in [9.17, 15) is 4.79 Å². The minimum Gasteiger partial charge on any atom is -0.496 e. The first kappa shape index (κ1) is 11.5. The number of para-hydroxylation sites is 1. The fraction of sp³-hybridized carbons (Fsp3) is 0.0667. The Hall–Kier alpha value is -2.62. The van der Waals surface area contributed by atoms with Crippen LogP contribution in [0.2, 0.25) is 0 Å². The third-order valence-electron chi connectivity index (χ3n) is 3.06. The molecule has 0 saturated carbocycles. The first-order valence-electron chi connectivity index (χ1n) is 5.90. The van der Waals surface area contributed by atoms with E-state index in [0.717, 1.165) is 16.9 Å². The number of aromatic amines is 1. The summed E-state index contributed by atoms with van der Waals surface area (Å²) in [6, 6.07) is 13.3. The summed E-state index contributed by atoms with van der Waals surface area (Å²) in [5.41, 5.74) is 2.43. The number of rotatable bonds is 2. The smallest absolute Gasteiger partial charge is 0.258 e. The summed E-state index contributed by atoms with van der Waals surface area (Å²) in [5.74, 6) is 0.780. The molecule has 3 rings (SSSR count). The van der Waals surface area contributed by atoms with Crippen molar-refractivity contribution in [3.8, 4) is 16.9 Å². The largest absolute Gasteiger partial charge is 0.496 e. The summed E-state index contributed by atoms with van der Waals surface area (Å²) >= 11 is 0. The van der Waals surface area contributed by atoms with Crippen molar-refractivity contribution in [1.29, 1.82) is 0 Å². The quantitative estimate of drug-likeness (QED) is 0.762. The van der Waals surface area contributed by atoms with Crippen molar-refractivity contribution >= 4 is 10.9 Å². The van der Waals surface area contributed by atoms with E-state index in [-0.39, 0.29) is 5.56 Å². The zero-order valence-electron chi connectivity index (χ0n) is 10.4. The van der Waals surface area contributed by atoms with Crippen LogP contribution in [0.4, 0.5) is 0 Å². The molecule has 0 bridgehead atoms. The van der Waals surface area contributed by atoms with Crippen LogP contribution < -0.4 is 10.3 Å². The maximum atomic E-state index is 11.8. The third kappa shape index (κ3) is 1.97. The minimum absolute atomic E-state index is 0.137. The monoisotopic (exact) mass is 252 g/mol. The van der Waals surface area contributed by atoms with Crippen LogP contribution in [0.5, 0.6) is 5.75 Å². The molecule has 0 fully saturated rings. The second-order valence-corrected chi connectivity index (χ2v) is 4.16. The summed E-state index contributed by atoms with van der Waals surface area (Å²) in [5, 5.41) is 0.575. The highest BCUT2D eigenvalue weighted by Crippen LogP contribution is 2.30. The van der Waals surface area contributed by atoms with Crippen LogP contribution in [-0.4, -0.2) is 17.1 Å². The molecule has 0 amide bonds. The number of fused-ring (bicyclic) bond motifs is 1. The van der Waals surface area contributed by atoms with Crippen LogP contribution in [0.15, 0.2) is 53.6 Å². The van der Waals surface area contributed by atoms with Crippen LogP contribution in [0.3, 0.4) is 0 Å². The van der Waals surface area contributed by atoms with Crippen molar-refractivity contribution in [3.05, 3.63) is 59.1 Å². The Morgan fingerprint density at radius 1 is 1.16 bits per heavy atom. The van der Waals surface area contributed by atoms with E-state index in [1.54, 1.807) is 7.11 Å². The maximum absolute atomic E-state index is 11.8. The van der Waals surface area contributed by atoms with Gasteiger partial charge in [-0.3, -0.25) is 4.79 Å². The van der Waals surface area contributed by atoms with Gasteiger partial charge in [0.05, 0.1) is 24.3 Å². The Balaban J connectivity index is 2.26. The standard InChI is InChI=1S/C15H12N2O2/c1-19-14-5-3-2-4-11(14)10-6-7-13-12(8-10)15(18)17-9-16-13/h2-9H,1H3,(H,16,17,18). The molecular weight excluding hydrogens is 240 g/mol. The average Bonchev–Trinajstić information content (AvgIpc) is 2.47. The molecule has 0 aliphatic rings. The number of hydrogen-bond acceptors (Lipinski definition) is 3. The van der Waals surface area contributed by atoms with Crippen LogP contribution in [-0.2, 0) is 0 Å². The zero-order valence-corrected chi connectivity index (χ0v) is 10.4. The normalized spacial score (nSPS) is 10.6. The highest BCUT2D eigenvalue weighted by molar-refractivity contribution is 5.84. The van der Waals surface area contributed by atoms with Gasteiger partial charge in [0, 0.05) is 5.56 Å². The number of benzene rings is 2. The van der Waals surface area contributed by atoms with E-state index in [0.29, 0.717) is 10.9 Å². The van der Waals surface area contributed by atoms with Gasteiger partial charge in [-0.2, -0.15) is 0 Å². The summed E-state index contributed by atoms with van der Waals surface area (Å²) in [4.78, 5) is 18.5. The van der Waals surface area contributed by atoms with Crippen molar-refractivity contribution < 1.29 is 4.74 Å². The molecule has 3 aromatic rings. The Morgan fingerprint density at radius 3 is 2.84 bits per heavy atom. The maximum Gasteiger partial charge on any atom is 0.258 e. The number of ether oxygens (including phenoxy) is 1. The fourth-order valence-electron chi connectivity index (χ4n) is 2.12. The van der Waals surface area contributed by atoms with E-state index in [1.165, 1.54) is 6.33 Å². The van der Waals surface area contributed by atoms with Crippen molar-refractivity contribution in [2.24, 2.45) is 0 Å². The number of methoxy groups -OCH3 is 1. The molecule has 0 unspecified atom stereocenters. The van der Waals surface area contributed by atoms with Crippen LogP contribution in [0, 0.1) is 0 Å². The van der Waals surface area contributed by atoms with Gasteiger partial charge in [-0.15, -0.1) is 0 Å². The molecule has 0 spiro atoms. The zero-order chi connectivity index (χ0) is 13.2. The molecule has 4 nitrogen and oxygen atoms in total. The van der Waals surface area contributed by atoms with E-state index in [2.05, 4.69) is 9.97 Å². The molecule has 0 atom stereocenters. The number of H-pyrrole nitrogens is 1. The molecule has 4 heteroatoms. The van der Waals surface area contributed by atoms with Gasteiger partial charge in [-0.25, -0.2) is 4.98 Å². The summed E-state index contributed by atoms with van der Waals surface area (Å²) < 4.78 is 5.34. The van der Waals surface area contributed by atoms with Crippen LogP contribution >= 0.6 is 0 Å². The molecule has 0 radical (unpaired) electrons. The lowest BCUT2D eigenvalue weighted by molar-refractivity contribution is 0.416. The predicted octanol–water partition coefficient (Wildman–Crippen LogP) is 2.60. The highest BCUT2D eigenvalue weighted by Gasteiger charge is 2.07. The van der Waals surface area contributed by atoms with Crippen LogP contribution in [0.25, 0.3) is 22.0 Å². The second-order valence-electron chi connectivity index (χ2n) is 4.16. The second kappa shape index (κ2) is 4.57. The molecule has 0 saturated heterocycles. The lowest BCUT2D eigenvalue weighted by atomic mass is 10.0. The van der Waals surface area contributed by atoms with Gasteiger partial charge in [-0.05, 0) is 23.8 Å². The highest BCUT2D eigenvalue weighted by atomic mass is 16.5. The number of nitrogens with zero attached hydrogens (tertiary/aromatic N) is 1. The van der Waals surface area contributed by atoms with Gasteiger partial charge in [0.1, 0.15) is 5.75 Å². The number of hydrogen-bond donors (Lipinski definition) is 1. The Kier molecular flexibility index (Phi) is 2.76. The number of aromatic nitrogens is 2. The molecule has 2 aromatic carbocycles. The molecule has 94 valence electrons. The van der Waals surface area contributed by atoms with Gasteiger partial charge >= 0.3 is 0 Å². The van der Waals surface area contributed by atoms with Crippen molar-refractivity contribution in [3.63, 3.8) is 0 Å². The molecule has 1 aromatic heterocycles. The van der Waals surface area contributed by atoms with Crippen molar-refractivity contribution in [2.45, 2.75) is 0 Å². The summed E-state index contributed by atoms with van der Waals surface area (Å²) in [7, 11) is 1.63. The lowest BCUT2D eigenvalue weighted by Gasteiger charge is -2.08. The predicted molar refractivity (Wildman–Crippen MR) is 74.4 cm³/mol. The van der Waals surface area contributed by atoms with Crippen molar-refractivity contribution in [2.75, 3.05) is 7.11 Å².